The number of anilines is 2. The molecule has 7 heteroatoms. The molecule has 2 aromatic rings. The van der Waals surface area contributed by atoms with E-state index in [1.165, 1.54) is 10.9 Å². The highest BCUT2D eigenvalue weighted by atomic mass is 16.2. The minimum atomic E-state index is -0.210. The molecule has 0 aliphatic carbocycles. The van der Waals surface area contributed by atoms with E-state index in [0.29, 0.717) is 17.3 Å². The number of benzene rings is 1. The third-order valence-corrected chi connectivity index (χ3v) is 3.90. The Morgan fingerprint density at radius 1 is 1.24 bits per heavy atom. The van der Waals surface area contributed by atoms with Gasteiger partial charge in [0.05, 0.1) is 11.9 Å². The summed E-state index contributed by atoms with van der Waals surface area (Å²) in [4.78, 5) is 25.9. The van der Waals surface area contributed by atoms with E-state index in [9.17, 15) is 9.59 Å². The molecule has 0 radical (unpaired) electrons. The van der Waals surface area contributed by atoms with Crippen LogP contribution < -0.4 is 15.5 Å². The first kappa shape index (κ1) is 18.5. The van der Waals surface area contributed by atoms with Gasteiger partial charge in [-0.15, -0.1) is 0 Å². The fourth-order valence-corrected chi connectivity index (χ4v) is 2.59. The van der Waals surface area contributed by atoms with Gasteiger partial charge in [-0.2, -0.15) is 5.10 Å². The van der Waals surface area contributed by atoms with Gasteiger partial charge in [0, 0.05) is 37.1 Å². The first-order chi connectivity index (χ1) is 11.9. The normalized spacial score (nSPS) is 10.6. The number of carbonyl (C=O) groups is 2. The van der Waals surface area contributed by atoms with E-state index in [4.69, 9.17) is 0 Å². The second-order valence-electron chi connectivity index (χ2n) is 5.98. The zero-order valence-electron chi connectivity index (χ0n) is 15.1. The van der Waals surface area contributed by atoms with E-state index < -0.39 is 0 Å². The zero-order valence-corrected chi connectivity index (χ0v) is 15.1. The number of aromatic nitrogens is 2. The summed E-state index contributed by atoms with van der Waals surface area (Å²) in [5.74, 6) is -0.360. The first-order valence-corrected chi connectivity index (χ1v) is 8.35. The molecule has 25 heavy (non-hydrogen) atoms. The van der Waals surface area contributed by atoms with E-state index in [2.05, 4.69) is 41.4 Å². The monoisotopic (exact) mass is 343 g/mol. The number of hydrogen-bond acceptors (Lipinski definition) is 4. The predicted molar refractivity (Wildman–Crippen MR) is 98.8 cm³/mol. The standard InChI is InChI=1S/C18H25N5O2/c1-5-23(13(2)3)16-8-6-14(7-9-16)18(25)21-15-10-20-22(11-15)12-17(24)19-4/h6-11,13H,5,12H2,1-4H3,(H,19,24)(H,21,25). The van der Waals surface area contributed by atoms with Crippen LogP contribution in [0.25, 0.3) is 0 Å². The van der Waals surface area contributed by atoms with Crippen LogP contribution in [0, 0.1) is 0 Å². The molecule has 2 N–H and O–H groups in total. The van der Waals surface area contributed by atoms with E-state index in [0.717, 1.165) is 12.2 Å². The summed E-state index contributed by atoms with van der Waals surface area (Å²) in [7, 11) is 1.57. The molecule has 0 fully saturated rings. The molecule has 0 saturated heterocycles. The van der Waals surface area contributed by atoms with Crippen molar-refractivity contribution in [3.8, 4) is 0 Å². The Morgan fingerprint density at radius 3 is 2.48 bits per heavy atom. The SMILES string of the molecule is CCN(c1ccc(C(=O)Nc2cnn(CC(=O)NC)c2)cc1)C(C)C. The second kappa shape index (κ2) is 8.32. The lowest BCUT2D eigenvalue weighted by atomic mass is 10.1. The fourth-order valence-electron chi connectivity index (χ4n) is 2.59. The van der Waals surface area contributed by atoms with Crippen LogP contribution >= 0.6 is 0 Å². The Kier molecular flexibility index (Phi) is 6.16. The molecule has 2 rings (SSSR count). The Bertz CT molecular complexity index is 721. The third kappa shape index (κ3) is 4.82. The van der Waals surface area contributed by atoms with Crippen molar-refractivity contribution in [1.29, 1.82) is 0 Å². The Balaban J connectivity index is 2.02. The summed E-state index contributed by atoms with van der Waals surface area (Å²) in [6.07, 6.45) is 3.14. The van der Waals surface area contributed by atoms with Crippen molar-refractivity contribution in [3.63, 3.8) is 0 Å². The molecule has 1 aromatic carbocycles. The number of amides is 2. The van der Waals surface area contributed by atoms with Crippen molar-refractivity contribution in [2.75, 3.05) is 23.8 Å². The third-order valence-electron chi connectivity index (χ3n) is 3.90. The molecule has 0 atom stereocenters. The van der Waals surface area contributed by atoms with Gasteiger partial charge in [0.2, 0.25) is 5.91 Å². The van der Waals surface area contributed by atoms with Crippen LogP contribution in [0.3, 0.4) is 0 Å². The lowest BCUT2D eigenvalue weighted by molar-refractivity contribution is -0.121. The molecule has 7 nitrogen and oxygen atoms in total. The average molecular weight is 343 g/mol. The molecule has 0 spiro atoms. The number of carbonyl (C=O) groups excluding carboxylic acids is 2. The Morgan fingerprint density at radius 2 is 1.92 bits per heavy atom. The van der Waals surface area contributed by atoms with Gasteiger partial charge in [0.25, 0.3) is 5.91 Å². The summed E-state index contributed by atoms with van der Waals surface area (Å²) in [5, 5.41) is 9.37. The lowest BCUT2D eigenvalue weighted by Crippen LogP contribution is -2.30. The van der Waals surface area contributed by atoms with Crippen molar-refractivity contribution in [2.45, 2.75) is 33.4 Å². The smallest absolute Gasteiger partial charge is 0.255 e. The molecular weight excluding hydrogens is 318 g/mol. The van der Waals surface area contributed by atoms with E-state index in [-0.39, 0.29) is 18.4 Å². The molecule has 0 saturated carbocycles. The van der Waals surface area contributed by atoms with Gasteiger partial charge < -0.3 is 15.5 Å². The summed E-state index contributed by atoms with van der Waals surface area (Å²) in [6, 6.07) is 7.92. The quantitative estimate of drug-likeness (QED) is 0.807. The maximum atomic E-state index is 12.3. The van der Waals surface area contributed by atoms with Gasteiger partial charge in [0.1, 0.15) is 6.54 Å². The number of rotatable bonds is 7. The number of nitrogens with one attached hydrogen (secondary N) is 2. The van der Waals surface area contributed by atoms with E-state index in [1.54, 1.807) is 13.2 Å². The van der Waals surface area contributed by atoms with Gasteiger partial charge >= 0.3 is 0 Å². The Hall–Kier alpha value is -2.83. The molecule has 2 amide bonds. The highest BCUT2D eigenvalue weighted by Crippen LogP contribution is 2.18. The van der Waals surface area contributed by atoms with Gasteiger partial charge in [-0.3, -0.25) is 14.3 Å². The van der Waals surface area contributed by atoms with Crippen LogP contribution in [0.2, 0.25) is 0 Å². The molecule has 134 valence electrons. The van der Waals surface area contributed by atoms with Crippen LogP contribution in [-0.4, -0.2) is 41.2 Å². The molecule has 0 bridgehead atoms. The molecule has 1 heterocycles. The highest BCUT2D eigenvalue weighted by molar-refractivity contribution is 6.04. The summed E-state index contributed by atoms with van der Waals surface area (Å²) in [6.45, 7) is 7.41. The van der Waals surface area contributed by atoms with Crippen LogP contribution in [0.4, 0.5) is 11.4 Å². The van der Waals surface area contributed by atoms with Crippen molar-refractivity contribution in [1.82, 2.24) is 15.1 Å². The molecule has 0 aliphatic heterocycles. The minimum absolute atomic E-state index is 0.114. The van der Waals surface area contributed by atoms with Crippen molar-refractivity contribution in [3.05, 3.63) is 42.2 Å². The van der Waals surface area contributed by atoms with Gasteiger partial charge in [-0.05, 0) is 45.0 Å². The van der Waals surface area contributed by atoms with Crippen LogP contribution in [-0.2, 0) is 11.3 Å². The predicted octanol–water partition coefficient (Wildman–Crippen LogP) is 2.12. The molecular formula is C18H25N5O2. The minimum Gasteiger partial charge on any atom is -0.369 e. The summed E-state index contributed by atoms with van der Waals surface area (Å²) >= 11 is 0. The van der Waals surface area contributed by atoms with Gasteiger partial charge in [-0.1, -0.05) is 0 Å². The maximum absolute atomic E-state index is 12.3. The van der Waals surface area contributed by atoms with Crippen molar-refractivity contribution < 1.29 is 9.59 Å². The first-order valence-electron chi connectivity index (χ1n) is 8.35. The average Bonchev–Trinajstić information content (AvgIpc) is 3.02. The topological polar surface area (TPSA) is 79.3 Å². The zero-order chi connectivity index (χ0) is 18.4. The van der Waals surface area contributed by atoms with Crippen LogP contribution in [0.15, 0.2) is 36.7 Å². The van der Waals surface area contributed by atoms with Crippen LogP contribution in [0.5, 0.6) is 0 Å². The molecule has 0 unspecified atom stereocenters. The molecule has 1 aromatic heterocycles. The number of likely N-dealkylation sites (N-methyl/N-ethyl adjacent to an activating group) is 1. The van der Waals surface area contributed by atoms with Gasteiger partial charge in [0.15, 0.2) is 0 Å². The highest BCUT2D eigenvalue weighted by Gasteiger charge is 2.11. The maximum Gasteiger partial charge on any atom is 0.255 e. The van der Waals surface area contributed by atoms with Gasteiger partial charge in [-0.25, -0.2) is 0 Å². The van der Waals surface area contributed by atoms with Crippen LogP contribution in [0.1, 0.15) is 31.1 Å². The van der Waals surface area contributed by atoms with Crippen molar-refractivity contribution >= 4 is 23.2 Å². The van der Waals surface area contributed by atoms with E-state index in [1.807, 2.05) is 24.3 Å². The fraction of sp³-hybridized carbons (Fsp3) is 0.389. The lowest BCUT2D eigenvalue weighted by Gasteiger charge is -2.27. The molecule has 0 aliphatic rings. The largest absolute Gasteiger partial charge is 0.369 e. The summed E-state index contributed by atoms with van der Waals surface area (Å²) < 4.78 is 1.47. The number of hydrogen-bond donors (Lipinski definition) is 2. The van der Waals surface area contributed by atoms with Crippen molar-refractivity contribution in [2.24, 2.45) is 0 Å². The Labute approximate surface area is 148 Å². The van der Waals surface area contributed by atoms with E-state index >= 15 is 0 Å². The number of nitrogens with zero attached hydrogens (tertiary/aromatic N) is 3. The second-order valence-corrected chi connectivity index (χ2v) is 5.98. The summed E-state index contributed by atoms with van der Waals surface area (Å²) in [5.41, 5.74) is 2.21.